The van der Waals surface area contributed by atoms with Gasteiger partial charge in [0.2, 0.25) is 6.17 Å². The number of hydrogen-bond donors (Lipinski definition) is 0. The first-order chi connectivity index (χ1) is 4.46. The third-order valence-corrected chi connectivity index (χ3v) is 0.843. The van der Waals surface area contributed by atoms with E-state index >= 15 is 0 Å². The molecule has 0 bridgehead atoms. The van der Waals surface area contributed by atoms with Crippen LogP contribution in [-0.4, -0.2) is 22.2 Å². The molecule has 58 valence electrons. The van der Waals surface area contributed by atoms with Gasteiger partial charge in [-0.3, -0.25) is 20.2 Å². The summed E-state index contributed by atoms with van der Waals surface area (Å²) < 4.78 is 12.0. The van der Waals surface area contributed by atoms with Gasteiger partial charge in [0.25, 0.3) is 0 Å². The van der Waals surface area contributed by atoms with Gasteiger partial charge in [-0.2, -0.15) is 0 Å². The Morgan fingerprint density at radius 1 is 1.30 bits per heavy atom. The van der Waals surface area contributed by atoms with E-state index in [4.69, 9.17) is 0 Å². The topological polar surface area (TPSA) is 86.3 Å². The number of rotatable bonds is 3. The van der Waals surface area contributed by atoms with Crippen LogP contribution in [0.5, 0.6) is 0 Å². The fourth-order valence-electron chi connectivity index (χ4n) is 0.412. The SMILES string of the molecule is CC(F)C([N+](=O)[O-])[N+](=O)[O-]. The van der Waals surface area contributed by atoms with Gasteiger partial charge in [0.15, 0.2) is 0 Å². The second-order valence-electron chi connectivity index (χ2n) is 1.66. The van der Waals surface area contributed by atoms with Crippen LogP contribution < -0.4 is 0 Å². The molecule has 0 aliphatic heterocycles. The lowest BCUT2D eigenvalue weighted by molar-refractivity contribution is -0.748. The molecule has 0 heterocycles. The van der Waals surface area contributed by atoms with Gasteiger partial charge < -0.3 is 0 Å². The highest BCUT2D eigenvalue weighted by Crippen LogP contribution is 2.01. The van der Waals surface area contributed by atoms with Crippen LogP contribution in [0.15, 0.2) is 0 Å². The van der Waals surface area contributed by atoms with E-state index < -0.39 is 22.2 Å². The fraction of sp³-hybridized carbons (Fsp3) is 1.00. The molecule has 0 spiro atoms. The third-order valence-electron chi connectivity index (χ3n) is 0.843. The van der Waals surface area contributed by atoms with E-state index in [2.05, 4.69) is 0 Å². The highest BCUT2D eigenvalue weighted by atomic mass is 19.1. The van der Waals surface area contributed by atoms with E-state index in [1.54, 1.807) is 0 Å². The van der Waals surface area contributed by atoms with E-state index in [1.165, 1.54) is 0 Å². The molecule has 1 atom stereocenters. The monoisotopic (exact) mass is 152 g/mol. The Morgan fingerprint density at radius 2 is 1.60 bits per heavy atom. The van der Waals surface area contributed by atoms with Gasteiger partial charge in [-0.05, 0) is 6.92 Å². The summed E-state index contributed by atoms with van der Waals surface area (Å²) in [5, 5.41) is 19.4. The van der Waals surface area contributed by atoms with Crippen molar-refractivity contribution in [2.45, 2.75) is 19.3 Å². The molecule has 0 aliphatic carbocycles. The van der Waals surface area contributed by atoms with Crippen molar-refractivity contribution in [1.29, 1.82) is 0 Å². The van der Waals surface area contributed by atoms with Gasteiger partial charge in [-0.15, -0.1) is 0 Å². The molecule has 10 heavy (non-hydrogen) atoms. The van der Waals surface area contributed by atoms with Crippen molar-refractivity contribution in [3.05, 3.63) is 20.2 Å². The van der Waals surface area contributed by atoms with Crippen molar-refractivity contribution in [2.75, 3.05) is 0 Å². The average Bonchev–Trinajstić information content (AvgIpc) is 1.59. The molecule has 0 aromatic heterocycles. The first-order valence-corrected chi connectivity index (χ1v) is 2.38. The van der Waals surface area contributed by atoms with Gasteiger partial charge in [-0.1, -0.05) is 0 Å². The van der Waals surface area contributed by atoms with Crippen LogP contribution in [0.25, 0.3) is 0 Å². The number of halogens is 1. The van der Waals surface area contributed by atoms with Crippen molar-refractivity contribution < 1.29 is 14.2 Å². The highest BCUT2D eigenvalue weighted by molar-refractivity contribution is 4.49. The minimum atomic E-state index is -2.33. The molecule has 0 aromatic carbocycles. The summed E-state index contributed by atoms with van der Waals surface area (Å²) >= 11 is 0. The molecular formula is C3H5FN2O4. The Morgan fingerprint density at radius 3 is 1.60 bits per heavy atom. The van der Waals surface area contributed by atoms with Gasteiger partial charge in [0, 0.05) is 0 Å². The van der Waals surface area contributed by atoms with Crippen molar-refractivity contribution in [1.82, 2.24) is 0 Å². The minimum Gasteiger partial charge on any atom is -0.258 e. The number of nitrogens with zero attached hydrogens (tertiary/aromatic N) is 2. The average molecular weight is 152 g/mol. The van der Waals surface area contributed by atoms with Crippen LogP contribution >= 0.6 is 0 Å². The molecule has 0 rings (SSSR count). The van der Waals surface area contributed by atoms with Gasteiger partial charge in [0.1, 0.15) is 0 Å². The second-order valence-corrected chi connectivity index (χ2v) is 1.66. The predicted molar refractivity (Wildman–Crippen MR) is 28.3 cm³/mol. The lowest BCUT2D eigenvalue weighted by atomic mass is 10.4. The van der Waals surface area contributed by atoms with E-state index in [0.717, 1.165) is 6.92 Å². The summed E-state index contributed by atoms with van der Waals surface area (Å²) in [7, 11) is 0. The third kappa shape index (κ3) is 1.92. The second kappa shape index (κ2) is 3.04. The molecular weight excluding hydrogens is 147 g/mol. The van der Waals surface area contributed by atoms with Crippen LogP contribution in [0, 0.1) is 20.2 Å². The van der Waals surface area contributed by atoms with Gasteiger partial charge in [-0.25, -0.2) is 4.39 Å². The molecule has 0 radical (unpaired) electrons. The van der Waals surface area contributed by atoms with E-state index in [0.29, 0.717) is 0 Å². The van der Waals surface area contributed by atoms with Crippen LogP contribution in [0.4, 0.5) is 4.39 Å². The summed E-state index contributed by atoms with van der Waals surface area (Å²) in [5.41, 5.74) is 0. The zero-order valence-corrected chi connectivity index (χ0v) is 5.06. The van der Waals surface area contributed by atoms with E-state index in [1.807, 2.05) is 0 Å². The Balaban J connectivity index is 4.27. The van der Waals surface area contributed by atoms with Crippen molar-refractivity contribution in [2.24, 2.45) is 0 Å². The molecule has 0 amide bonds. The van der Waals surface area contributed by atoms with Crippen molar-refractivity contribution in [3.8, 4) is 0 Å². The first-order valence-electron chi connectivity index (χ1n) is 2.38. The molecule has 6 nitrogen and oxygen atoms in total. The molecule has 1 unspecified atom stereocenters. The van der Waals surface area contributed by atoms with Crippen molar-refractivity contribution >= 4 is 0 Å². The Hall–Kier alpha value is -1.27. The minimum absolute atomic E-state index is 0.774. The largest absolute Gasteiger partial charge is 0.480 e. The van der Waals surface area contributed by atoms with Crippen LogP contribution in [0.2, 0.25) is 0 Å². The Kier molecular flexibility index (Phi) is 2.65. The lowest BCUT2D eigenvalue weighted by Gasteiger charge is -2.00. The van der Waals surface area contributed by atoms with Crippen molar-refractivity contribution in [3.63, 3.8) is 0 Å². The molecule has 0 saturated heterocycles. The molecule has 7 heteroatoms. The smallest absolute Gasteiger partial charge is 0.258 e. The summed E-state index contributed by atoms with van der Waals surface area (Å²) in [6.45, 7) is 0.774. The van der Waals surface area contributed by atoms with E-state index in [-0.39, 0.29) is 0 Å². The predicted octanol–water partition coefficient (Wildman–Crippen LogP) is 0.224. The number of alkyl halides is 1. The zero-order chi connectivity index (χ0) is 8.31. The molecule has 0 aromatic rings. The summed E-state index contributed by atoms with van der Waals surface area (Å²) in [5.74, 6) is 0. The Labute approximate surface area is 54.9 Å². The summed E-state index contributed by atoms with van der Waals surface area (Å²) in [4.78, 5) is 16.9. The molecule has 0 aliphatic rings. The van der Waals surface area contributed by atoms with Crippen LogP contribution in [0.3, 0.4) is 0 Å². The van der Waals surface area contributed by atoms with Gasteiger partial charge >= 0.3 is 6.17 Å². The van der Waals surface area contributed by atoms with Crippen LogP contribution in [-0.2, 0) is 0 Å². The molecule has 0 saturated carbocycles. The zero-order valence-electron chi connectivity index (χ0n) is 5.06. The Bertz CT molecular complexity index is 145. The fourth-order valence-corrected chi connectivity index (χ4v) is 0.412. The normalized spacial score (nSPS) is 13.1. The molecule has 0 N–H and O–H groups in total. The maximum Gasteiger partial charge on any atom is 0.480 e. The first kappa shape index (κ1) is 8.73. The van der Waals surface area contributed by atoms with E-state index in [9.17, 15) is 24.6 Å². The maximum atomic E-state index is 12.0. The number of hydrogen-bond acceptors (Lipinski definition) is 4. The number of nitro groups is 2. The highest BCUT2D eigenvalue weighted by Gasteiger charge is 2.39. The van der Waals surface area contributed by atoms with Gasteiger partial charge in [0.05, 0.1) is 9.85 Å². The maximum absolute atomic E-state index is 12.0. The molecule has 0 fully saturated rings. The standard InChI is InChI=1S/C3H5FN2O4/c1-2(4)3(5(7)8)6(9)10/h2-3H,1H3. The quantitative estimate of drug-likeness (QED) is 0.329. The summed E-state index contributed by atoms with van der Waals surface area (Å²) in [6, 6.07) is 0. The van der Waals surface area contributed by atoms with Crippen LogP contribution in [0.1, 0.15) is 6.92 Å². The lowest BCUT2D eigenvalue weighted by Crippen LogP contribution is -2.36. The summed E-state index contributed by atoms with van der Waals surface area (Å²) in [6.07, 6.45) is -4.40.